The normalized spacial score (nSPS) is 14.0. The number of aliphatic hydroxyl groups is 1. The van der Waals surface area contributed by atoms with Crippen LogP contribution >= 0.6 is 7.82 Å². The number of allylic oxidation sites excluding steroid dienone is 2. The van der Waals surface area contributed by atoms with Crippen molar-refractivity contribution in [2.24, 2.45) is 0 Å². The molecule has 0 heterocycles. The van der Waals surface area contributed by atoms with Gasteiger partial charge in [0.05, 0.1) is 39.9 Å². The smallest absolute Gasteiger partial charge is 0.391 e. The number of carbonyl (C=O) groups excluding carboxylic acids is 1. The number of rotatable bonds is 53. The molecule has 0 rings (SSSR count). The average Bonchev–Trinajstić information content (AvgIpc) is 3.26. The molecule has 0 saturated carbocycles. The lowest BCUT2D eigenvalue weighted by Gasteiger charge is -2.26. The summed E-state index contributed by atoms with van der Waals surface area (Å²) in [7, 11) is 1.63. The van der Waals surface area contributed by atoms with E-state index in [1.54, 1.807) is 0 Å². The quantitative estimate of drug-likeness (QED) is 0.0243. The molecule has 0 aromatic heterocycles. The third-order valence-corrected chi connectivity index (χ3v) is 14.2. The Balaban J connectivity index is 4.09. The van der Waals surface area contributed by atoms with Crippen LogP contribution < -0.4 is 5.32 Å². The van der Waals surface area contributed by atoms with Gasteiger partial charge in [-0.1, -0.05) is 257 Å². The van der Waals surface area contributed by atoms with Crippen molar-refractivity contribution in [3.63, 3.8) is 0 Å². The van der Waals surface area contributed by atoms with Crippen molar-refractivity contribution in [3.8, 4) is 0 Å². The minimum absolute atomic E-state index is 0.0776. The molecule has 0 aliphatic carbocycles. The first-order chi connectivity index (χ1) is 31.5. The number of hydrogen-bond donors (Lipinski definition) is 3. The van der Waals surface area contributed by atoms with Crippen LogP contribution in [0.5, 0.6) is 0 Å². The van der Waals surface area contributed by atoms with E-state index in [1.165, 1.54) is 225 Å². The Morgan fingerprint density at radius 3 is 1.18 bits per heavy atom. The summed E-state index contributed by atoms with van der Waals surface area (Å²) in [5, 5.41) is 14.1. The molecular weight excluding hydrogens is 828 g/mol. The molecule has 1 amide bonds. The van der Waals surface area contributed by atoms with E-state index >= 15 is 0 Å². The molecule has 0 aromatic carbocycles. The van der Waals surface area contributed by atoms with Crippen molar-refractivity contribution in [1.82, 2.24) is 5.32 Å². The zero-order valence-electron chi connectivity index (χ0n) is 44.3. The number of carbonyl (C=O) groups is 1. The summed E-state index contributed by atoms with van der Waals surface area (Å²) in [6.45, 7) is 4.93. The Morgan fingerprint density at radius 2 is 0.831 bits per heavy atom. The van der Waals surface area contributed by atoms with Gasteiger partial charge in [-0.2, -0.15) is 0 Å². The summed E-state index contributed by atoms with van der Waals surface area (Å²) in [5.74, 6) is -0.139. The number of hydrogen-bond acceptors (Lipinski definition) is 5. The molecule has 3 N–H and O–H groups in total. The van der Waals surface area contributed by atoms with Crippen LogP contribution in [0.25, 0.3) is 0 Å². The van der Waals surface area contributed by atoms with Gasteiger partial charge < -0.3 is 19.8 Å². The topological polar surface area (TPSA) is 105 Å². The molecule has 0 saturated heterocycles. The predicted octanol–water partition coefficient (Wildman–Crippen LogP) is 17.0. The van der Waals surface area contributed by atoms with E-state index in [-0.39, 0.29) is 19.1 Å². The number of phosphoric ester groups is 1. The number of nitrogens with one attached hydrogen (secondary N) is 1. The van der Waals surface area contributed by atoms with Gasteiger partial charge in [0, 0.05) is 6.42 Å². The first-order valence-corrected chi connectivity index (χ1v) is 30.0. The largest absolute Gasteiger partial charge is 0.472 e. The Bertz CT molecular complexity index is 1070. The first kappa shape index (κ1) is 64.2. The van der Waals surface area contributed by atoms with Crippen LogP contribution in [0.1, 0.15) is 290 Å². The van der Waals surface area contributed by atoms with Crippen molar-refractivity contribution in [2.75, 3.05) is 40.9 Å². The van der Waals surface area contributed by atoms with Crippen LogP contribution in [0.15, 0.2) is 12.2 Å². The fourth-order valence-corrected chi connectivity index (χ4v) is 9.49. The van der Waals surface area contributed by atoms with Gasteiger partial charge in [0.1, 0.15) is 13.2 Å². The monoisotopic (exact) mass is 942 g/mol. The maximum atomic E-state index is 13.0. The second-order valence-electron chi connectivity index (χ2n) is 21.0. The van der Waals surface area contributed by atoms with Crippen molar-refractivity contribution in [3.05, 3.63) is 12.2 Å². The van der Waals surface area contributed by atoms with E-state index in [0.717, 1.165) is 38.5 Å². The van der Waals surface area contributed by atoms with E-state index in [9.17, 15) is 19.4 Å². The minimum Gasteiger partial charge on any atom is -0.391 e. The van der Waals surface area contributed by atoms with Crippen LogP contribution in [-0.4, -0.2) is 73.4 Å². The van der Waals surface area contributed by atoms with E-state index in [0.29, 0.717) is 23.9 Å². The molecule has 0 aromatic rings. The molecule has 0 radical (unpaired) electrons. The number of likely N-dealkylation sites (N-methyl/N-ethyl adjacent to an activating group) is 1. The lowest BCUT2D eigenvalue weighted by Crippen LogP contribution is -2.46. The number of nitrogens with zero attached hydrogens (tertiary/aromatic N) is 1. The highest BCUT2D eigenvalue weighted by atomic mass is 31.2. The van der Waals surface area contributed by atoms with E-state index in [1.807, 2.05) is 21.1 Å². The van der Waals surface area contributed by atoms with E-state index < -0.39 is 20.0 Å². The summed E-state index contributed by atoms with van der Waals surface area (Å²) < 4.78 is 23.8. The van der Waals surface area contributed by atoms with Gasteiger partial charge >= 0.3 is 7.82 Å². The molecule has 0 aliphatic rings. The number of amides is 1. The Kier molecular flexibility index (Phi) is 47.7. The van der Waals surface area contributed by atoms with Crippen molar-refractivity contribution in [1.29, 1.82) is 0 Å². The highest BCUT2D eigenvalue weighted by Gasteiger charge is 2.28. The molecule has 65 heavy (non-hydrogen) atoms. The summed E-state index contributed by atoms with van der Waals surface area (Å²) >= 11 is 0. The Hall–Kier alpha value is -0.760. The zero-order valence-corrected chi connectivity index (χ0v) is 45.2. The molecule has 8 nitrogen and oxygen atoms in total. The van der Waals surface area contributed by atoms with Gasteiger partial charge in [-0.3, -0.25) is 13.8 Å². The minimum atomic E-state index is -4.32. The molecule has 0 fully saturated rings. The molecule has 0 aliphatic heterocycles. The number of unbranched alkanes of at least 4 members (excludes halogenated alkanes) is 38. The molecule has 388 valence electrons. The van der Waals surface area contributed by atoms with Crippen LogP contribution in [-0.2, 0) is 18.4 Å². The summed E-state index contributed by atoms with van der Waals surface area (Å²) in [6.07, 6.45) is 58.4. The maximum Gasteiger partial charge on any atom is 0.472 e. The second-order valence-corrected chi connectivity index (χ2v) is 22.5. The van der Waals surface area contributed by atoms with Crippen LogP contribution in [0.4, 0.5) is 0 Å². The van der Waals surface area contributed by atoms with Gasteiger partial charge in [0.25, 0.3) is 0 Å². The highest BCUT2D eigenvalue weighted by molar-refractivity contribution is 7.47. The summed E-state index contributed by atoms with van der Waals surface area (Å²) in [6, 6.07) is -0.757. The standard InChI is InChI=1S/C56H113N2O6P/c1-6-8-10-12-14-16-18-20-22-24-25-26-27-28-29-30-31-32-33-34-36-38-40-42-44-46-48-50-56(60)57-54(53-64-65(61,62)63-52-51-58(3,4)5)55(59)49-47-45-43-41-39-37-35-23-21-19-17-15-13-11-9-7-2/h24-25,54-55,59H,6-23,26-53H2,1-5H3,(H-,57,60,61,62)/p+1/b25-24-. The fraction of sp³-hybridized carbons (Fsp3) is 0.946. The van der Waals surface area contributed by atoms with Crippen molar-refractivity contribution < 1.29 is 32.9 Å². The second kappa shape index (κ2) is 48.3. The van der Waals surface area contributed by atoms with E-state index in [2.05, 4.69) is 31.3 Å². The Morgan fingerprint density at radius 1 is 0.508 bits per heavy atom. The van der Waals surface area contributed by atoms with Crippen LogP contribution in [0.3, 0.4) is 0 Å². The molecule has 9 heteroatoms. The van der Waals surface area contributed by atoms with Gasteiger partial charge in [0.2, 0.25) is 5.91 Å². The third kappa shape index (κ3) is 50.9. The lowest BCUT2D eigenvalue weighted by molar-refractivity contribution is -0.870. The summed E-state index contributed by atoms with van der Waals surface area (Å²) in [5.41, 5.74) is 0. The molecule has 3 unspecified atom stereocenters. The number of quaternary nitrogens is 1. The van der Waals surface area contributed by atoms with Crippen molar-refractivity contribution in [2.45, 2.75) is 302 Å². The SMILES string of the molecule is CCCCCCCCCC/C=C\CCCCCCCCCCCCCCCCCC(=O)NC(COP(=O)(O)OCC[N+](C)(C)C)C(O)CCCCCCCCCCCCCCCCCC. The predicted molar refractivity (Wildman–Crippen MR) is 282 cm³/mol. The van der Waals surface area contributed by atoms with Gasteiger partial charge in [-0.15, -0.1) is 0 Å². The number of aliphatic hydroxyl groups excluding tert-OH is 1. The number of phosphoric acid groups is 1. The van der Waals surface area contributed by atoms with E-state index in [4.69, 9.17) is 9.05 Å². The highest BCUT2D eigenvalue weighted by Crippen LogP contribution is 2.43. The van der Waals surface area contributed by atoms with Gasteiger partial charge in [0.15, 0.2) is 0 Å². The maximum absolute atomic E-state index is 13.0. The Labute approximate surface area is 405 Å². The zero-order chi connectivity index (χ0) is 47.8. The fourth-order valence-electron chi connectivity index (χ4n) is 8.75. The molecular formula is C56H114N2O6P+. The third-order valence-electron chi connectivity index (χ3n) is 13.3. The van der Waals surface area contributed by atoms with Gasteiger partial charge in [-0.05, 0) is 38.5 Å². The van der Waals surface area contributed by atoms with Crippen LogP contribution in [0.2, 0.25) is 0 Å². The van der Waals surface area contributed by atoms with Crippen molar-refractivity contribution >= 4 is 13.7 Å². The summed E-state index contributed by atoms with van der Waals surface area (Å²) in [4.78, 5) is 23.3. The molecule has 0 bridgehead atoms. The lowest BCUT2D eigenvalue weighted by atomic mass is 10.0. The molecule has 3 atom stereocenters. The van der Waals surface area contributed by atoms with Crippen LogP contribution in [0, 0.1) is 0 Å². The molecule has 0 spiro atoms. The first-order valence-electron chi connectivity index (χ1n) is 28.6. The van der Waals surface area contributed by atoms with Gasteiger partial charge in [-0.25, -0.2) is 4.57 Å². The average molecular weight is 943 g/mol.